The average Bonchev–Trinajstić information content (AvgIpc) is 2.02. The predicted molar refractivity (Wildman–Crippen MR) is 53.6 cm³/mol. The lowest BCUT2D eigenvalue weighted by molar-refractivity contribution is -0.127. The molecule has 6 heteroatoms. The van der Waals surface area contributed by atoms with E-state index in [9.17, 15) is 4.79 Å². The highest BCUT2D eigenvalue weighted by atomic mass is 35.6. The Labute approximate surface area is 96.4 Å². The lowest BCUT2D eigenvalue weighted by atomic mass is 9.98. The number of carbonyl (C=O) groups is 1. The first-order chi connectivity index (χ1) is 5.93. The van der Waals surface area contributed by atoms with Gasteiger partial charge in [-0.25, -0.2) is 0 Å². The third-order valence-electron chi connectivity index (χ3n) is 1.87. The minimum atomic E-state index is -1.89. The van der Waals surface area contributed by atoms with Crippen LogP contribution in [-0.2, 0) is 9.53 Å². The molecule has 1 saturated heterocycles. The molecule has 1 aliphatic rings. The Balaban J connectivity index is 2.64. The summed E-state index contributed by atoms with van der Waals surface area (Å²) in [6, 6.07) is 0. The third kappa shape index (κ3) is 3.14. The van der Waals surface area contributed by atoms with Crippen molar-refractivity contribution in [3.05, 3.63) is 0 Å². The second-order valence-electron chi connectivity index (χ2n) is 2.83. The van der Waals surface area contributed by atoms with Crippen molar-refractivity contribution in [2.24, 2.45) is 5.92 Å². The van der Waals surface area contributed by atoms with Gasteiger partial charge < -0.3 is 4.74 Å². The first-order valence-corrected chi connectivity index (χ1v) is 5.36. The van der Waals surface area contributed by atoms with Gasteiger partial charge in [-0.05, 0) is 12.8 Å². The summed E-state index contributed by atoms with van der Waals surface area (Å²) in [5.74, 6) is -1.000. The van der Waals surface area contributed by atoms with Gasteiger partial charge >= 0.3 is 0 Å². The lowest BCUT2D eigenvalue weighted by Crippen LogP contribution is -2.37. The first kappa shape index (κ1) is 11.9. The molecule has 1 fully saturated rings. The first-order valence-electron chi connectivity index (χ1n) is 3.79. The van der Waals surface area contributed by atoms with E-state index in [0.717, 1.165) is 6.42 Å². The Morgan fingerprint density at radius 3 is 2.46 bits per heavy atom. The Bertz CT molecular complexity index is 201. The Hall–Kier alpha value is 0.790. The van der Waals surface area contributed by atoms with Gasteiger partial charge in [0.05, 0.1) is 5.92 Å². The highest BCUT2D eigenvalue weighted by Crippen LogP contribution is 2.35. The molecule has 0 N–H and O–H groups in total. The van der Waals surface area contributed by atoms with Crippen LogP contribution in [0.1, 0.15) is 12.8 Å². The summed E-state index contributed by atoms with van der Waals surface area (Å²) in [5, 5.41) is 0. The van der Waals surface area contributed by atoms with Crippen molar-refractivity contribution in [2.45, 2.75) is 22.2 Å². The largest absolute Gasteiger partial charge is 0.362 e. The van der Waals surface area contributed by atoms with Gasteiger partial charge in [0.25, 0.3) is 0 Å². The van der Waals surface area contributed by atoms with Crippen LogP contribution in [0.2, 0.25) is 0 Å². The number of halogens is 4. The maximum Gasteiger partial charge on any atom is 0.249 e. The number of alkyl halides is 4. The number of Topliss-reactive ketones (excluding diaryl/α,β-unsaturated/α-hetero) is 1. The normalized spacial score (nSPS) is 30.2. The molecule has 13 heavy (non-hydrogen) atoms. The molecular formula is C7H8Cl4O2. The summed E-state index contributed by atoms with van der Waals surface area (Å²) in [7, 11) is 0. The van der Waals surface area contributed by atoms with Crippen LogP contribution in [0.15, 0.2) is 0 Å². The van der Waals surface area contributed by atoms with Gasteiger partial charge in [-0.1, -0.05) is 46.4 Å². The minimum Gasteiger partial charge on any atom is -0.362 e. The Morgan fingerprint density at radius 1 is 1.38 bits per heavy atom. The van der Waals surface area contributed by atoms with Crippen molar-refractivity contribution < 1.29 is 9.53 Å². The van der Waals surface area contributed by atoms with Crippen molar-refractivity contribution in [3.63, 3.8) is 0 Å². The van der Waals surface area contributed by atoms with E-state index in [1.54, 1.807) is 0 Å². The number of carbonyl (C=O) groups excluding carboxylic acids is 1. The number of hydrogen-bond donors (Lipinski definition) is 0. The van der Waals surface area contributed by atoms with Gasteiger partial charge in [-0.3, -0.25) is 4.79 Å². The Morgan fingerprint density at radius 2 is 2.00 bits per heavy atom. The second kappa shape index (κ2) is 4.54. The highest BCUT2D eigenvalue weighted by Gasteiger charge is 2.41. The van der Waals surface area contributed by atoms with Gasteiger partial charge in [0.2, 0.25) is 3.79 Å². The highest BCUT2D eigenvalue weighted by molar-refractivity contribution is 6.76. The van der Waals surface area contributed by atoms with E-state index in [1.165, 1.54) is 0 Å². The molecule has 0 aromatic rings. The molecule has 0 aromatic heterocycles. The number of ether oxygens (including phenoxy) is 1. The van der Waals surface area contributed by atoms with Crippen LogP contribution < -0.4 is 0 Å². The smallest absolute Gasteiger partial charge is 0.249 e. The van der Waals surface area contributed by atoms with Crippen LogP contribution in [0.4, 0.5) is 0 Å². The fourth-order valence-corrected chi connectivity index (χ4v) is 1.96. The maximum absolute atomic E-state index is 11.5. The molecular weight excluding hydrogens is 258 g/mol. The zero-order chi connectivity index (χ0) is 10.1. The predicted octanol–water partition coefficient (Wildman–Crippen LogP) is 2.92. The quantitative estimate of drug-likeness (QED) is 0.682. The zero-order valence-electron chi connectivity index (χ0n) is 6.60. The van der Waals surface area contributed by atoms with Crippen LogP contribution in [-0.4, -0.2) is 21.7 Å². The number of ketones is 1. The molecule has 0 spiro atoms. The van der Waals surface area contributed by atoms with Gasteiger partial charge in [0, 0.05) is 6.61 Å². The van der Waals surface area contributed by atoms with Crippen LogP contribution in [0.5, 0.6) is 0 Å². The molecule has 2 atom stereocenters. The van der Waals surface area contributed by atoms with Crippen molar-refractivity contribution in [3.8, 4) is 0 Å². The summed E-state index contributed by atoms with van der Waals surface area (Å²) in [6.07, 6.45) is 1.38. The van der Waals surface area contributed by atoms with Crippen LogP contribution >= 0.6 is 46.4 Å². The molecule has 76 valence electrons. The summed E-state index contributed by atoms with van der Waals surface area (Å²) >= 11 is 22.1. The molecule has 1 heterocycles. The zero-order valence-corrected chi connectivity index (χ0v) is 9.63. The molecule has 0 aliphatic carbocycles. The summed E-state index contributed by atoms with van der Waals surface area (Å²) in [6.45, 7) is 0.553. The molecule has 0 aromatic carbocycles. The van der Waals surface area contributed by atoms with Gasteiger partial charge in [-0.2, -0.15) is 0 Å². The molecule has 2 unspecified atom stereocenters. The summed E-state index contributed by atoms with van der Waals surface area (Å²) in [4.78, 5) is 11.5. The van der Waals surface area contributed by atoms with Crippen LogP contribution in [0, 0.1) is 5.92 Å². The monoisotopic (exact) mass is 264 g/mol. The van der Waals surface area contributed by atoms with Crippen molar-refractivity contribution in [2.75, 3.05) is 6.61 Å². The van der Waals surface area contributed by atoms with Gasteiger partial charge in [0.15, 0.2) is 5.78 Å². The maximum atomic E-state index is 11.5. The Kier molecular flexibility index (Phi) is 4.14. The van der Waals surface area contributed by atoms with E-state index in [4.69, 9.17) is 51.1 Å². The number of hydrogen-bond acceptors (Lipinski definition) is 2. The fraction of sp³-hybridized carbons (Fsp3) is 0.857. The fourth-order valence-electron chi connectivity index (χ4n) is 1.21. The molecule has 0 bridgehead atoms. The van der Waals surface area contributed by atoms with Crippen molar-refractivity contribution in [1.82, 2.24) is 0 Å². The summed E-state index contributed by atoms with van der Waals surface area (Å²) < 4.78 is 3.19. The van der Waals surface area contributed by atoms with E-state index in [0.29, 0.717) is 13.0 Å². The van der Waals surface area contributed by atoms with Crippen LogP contribution in [0.25, 0.3) is 0 Å². The van der Waals surface area contributed by atoms with Crippen LogP contribution in [0.3, 0.4) is 0 Å². The van der Waals surface area contributed by atoms with E-state index in [-0.39, 0.29) is 0 Å². The van der Waals surface area contributed by atoms with E-state index >= 15 is 0 Å². The third-order valence-corrected chi connectivity index (χ3v) is 2.86. The molecule has 0 amide bonds. The van der Waals surface area contributed by atoms with Crippen molar-refractivity contribution >= 4 is 52.2 Å². The average molecular weight is 266 g/mol. The topological polar surface area (TPSA) is 26.3 Å². The minimum absolute atomic E-state index is 0.489. The molecule has 1 aliphatic heterocycles. The van der Waals surface area contributed by atoms with E-state index in [2.05, 4.69) is 0 Å². The van der Waals surface area contributed by atoms with Gasteiger partial charge in [-0.15, -0.1) is 0 Å². The standard InChI is InChI=1S/C7H8Cl4O2/c8-6-4(2-1-3-13-6)5(12)7(9,10)11/h4,6H,1-3H2. The lowest BCUT2D eigenvalue weighted by Gasteiger charge is -2.28. The summed E-state index contributed by atoms with van der Waals surface area (Å²) in [5.41, 5.74) is -0.670. The SMILES string of the molecule is O=C(C1CCCOC1Cl)C(Cl)(Cl)Cl. The molecule has 1 rings (SSSR count). The number of rotatable bonds is 1. The molecule has 0 radical (unpaired) electrons. The van der Waals surface area contributed by atoms with E-state index in [1.807, 2.05) is 0 Å². The second-order valence-corrected chi connectivity index (χ2v) is 5.54. The van der Waals surface area contributed by atoms with E-state index < -0.39 is 21.1 Å². The van der Waals surface area contributed by atoms with Crippen molar-refractivity contribution in [1.29, 1.82) is 0 Å². The molecule has 2 nitrogen and oxygen atoms in total. The van der Waals surface area contributed by atoms with Gasteiger partial charge in [0.1, 0.15) is 5.56 Å². The molecule has 0 saturated carbocycles.